The van der Waals surface area contributed by atoms with Crippen LogP contribution in [0.15, 0.2) is 48.0 Å². The Bertz CT molecular complexity index is 1020. The summed E-state index contributed by atoms with van der Waals surface area (Å²) in [6.45, 7) is 5.97. The molecule has 2 aromatic rings. The van der Waals surface area contributed by atoms with Gasteiger partial charge >= 0.3 is 6.03 Å². The fourth-order valence-electron chi connectivity index (χ4n) is 3.68. The molecule has 0 atom stereocenters. The summed E-state index contributed by atoms with van der Waals surface area (Å²) in [6.07, 6.45) is 3.93. The van der Waals surface area contributed by atoms with Crippen molar-refractivity contribution in [3.05, 3.63) is 64.7 Å². The lowest BCUT2D eigenvalue weighted by molar-refractivity contribution is -0.122. The molecule has 0 aliphatic carbocycles. The third-order valence-corrected chi connectivity index (χ3v) is 5.53. The highest BCUT2D eigenvalue weighted by atomic mass is 16.2. The normalized spacial score (nSPS) is 18.6. The molecule has 2 saturated heterocycles. The van der Waals surface area contributed by atoms with E-state index in [1.807, 2.05) is 44.2 Å². The van der Waals surface area contributed by atoms with Crippen LogP contribution in [-0.4, -0.2) is 30.9 Å². The third-order valence-electron chi connectivity index (χ3n) is 5.53. The average molecular weight is 389 g/mol. The highest BCUT2D eigenvalue weighted by Gasteiger charge is 2.36. The third kappa shape index (κ3) is 3.66. The summed E-state index contributed by atoms with van der Waals surface area (Å²) in [5.41, 5.74) is 4.28. The van der Waals surface area contributed by atoms with Gasteiger partial charge in [0.15, 0.2) is 0 Å². The molecule has 0 spiro atoms. The molecule has 0 bridgehead atoms. The van der Waals surface area contributed by atoms with Gasteiger partial charge in [0.05, 0.1) is 5.69 Å². The van der Waals surface area contributed by atoms with Gasteiger partial charge in [0.1, 0.15) is 5.57 Å². The number of imide groups is 2. The SMILES string of the molecule is Cc1ccc(N2C(=O)NC(=O)/C(=C\c3ccc(N4CCCC4)cc3)C2=O)cc1C. The number of nitrogens with zero attached hydrogens (tertiary/aromatic N) is 2. The van der Waals surface area contributed by atoms with Gasteiger partial charge in [-0.15, -0.1) is 0 Å². The van der Waals surface area contributed by atoms with Gasteiger partial charge in [-0.25, -0.2) is 9.69 Å². The summed E-state index contributed by atoms with van der Waals surface area (Å²) in [7, 11) is 0. The number of carbonyl (C=O) groups excluding carboxylic acids is 3. The molecule has 0 unspecified atom stereocenters. The Morgan fingerprint density at radius 3 is 2.17 bits per heavy atom. The zero-order chi connectivity index (χ0) is 20.5. The Labute approximate surface area is 169 Å². The Morgan fingerprint density at radius 2 is 1.52 bits per heavy atom. The van der Waals surface area contributed by atoms with Crippen molar-refractivity contribution < 1.29 is 14.4 Å². The molecule has 6 nitrogen and oxygen atoms in total. The number of nitrogens with one attached hydrogen (secondary N) is 1. The number of carbonyl (C=O) groups is 3. The van der Waals surface area contributed by atoms with E-state index in [4.69, 9.17) is 0 Å². The average Bonchev–Trinajstić information content (AvgIpc) is 3.23. The first-order valence-corrected chi connectivity index (χ1v) is 9.78. The summed E-state index contributed by atoms with van der Waals surface area (Å²) in [4.78, 5) is 41.0. The molecule has 2 aliphatic heterocycles. The van der Waals surface area contributed by atoms with E-state index in [-0.39, 0.29) is 5.57 Å². The molecule has 0 aromatic heterocycles. The number of barbiturate groups is 1. The minimum atomic E-state index is -0.732. The minimum absolute atomic E-state index is 0.0586. The molecule has 4 rings (SSSR count). The second kappa shape index (κ2) is 7.54. The van der Waals surface area contributed by atoms with E-state index >= 15 is 0 Å². The van der Waals surface area contributed by atoms with Crippen molar-refractivity contribution in [3.8, 4) is 0 Å². The molecule has 29 heavy (non-hydrogen) atoms. The Balaban J connectivity index is 1.63. The zero-order valence-electron chi connectivity index (χ0n) is 16.6. The predicted molar refractivity (Wildman–Crippen MR) is 113 cm³/mol. The van der Waals surface area contributed by atoms with Crippen LogP contribution in [0.3, 0.4) is 0 Å². The number of aryl methyl sites for hydroxylation is 2. The van der Waals surface area contributed by atoms with Crippen molar-refractivity contribution in [1.29, 1.82) is 0 Å². The van der Waals surface area contributed by atoms with Gasteiger partial charge in [-0.2, -0.15) is 0 Å². The van der Waals surface area contributed by atoms with Crippen molar-refractivity contribution in [1.82, 2.24) is 5.32 Å². The molecule has 2 heterocycles. The van der Waals surface area contributed by atoms with Crippen LogP contribution in [-0.2, 0) is 9.59 Å². The molecule has 0 radical (unpaired) electrons. The minimum Gasteiger partial charge on any atom is -0.372 e. The van der Waals surface area contributed by atoms with E-state index < -0.39 is 17.8 Å². The Hall–Kier alpha value is -3.41. The Morgan fingerprint density at radius 1 is 0.862 bits per heavy atom. The maximum Gasteiger partial charge on any atom is 0.335 e. The van der Waals surface area contributed by atoms with E-state index in [1.54, 1.807) is 12.1 Å². The number of anilines is 2. The summed E-state index contributed by atoms with van der Waals surface area (Å²) in [5.74, 6) is -1.30. The second-order valence-electron chi connectivity index (χ2n) is 7.51. The smallest absolute Gasteiger partial charge is 0.335 e. The number of hydrogen-bond acceptors (Lipinski definition) is 4. The van der Waals surface area contributed by atoms with Crippen molar-refractivity contribution in [2.24, 2.45) is 0 Å². The molecule has 0 saturated carbocycles. The van der Waals surface area contributed by atoms with E-state index in [1.165, 1.54) is 18.9 Å². The van der Waals surface area contributed by atoms with Gasteiger partial charge < -0.3 is 4.90 Å². The molecule has 2 aromatic carbocycles. The van der Waals surface area contributed by atoms with Crippen molar-refractivity contribution >= 4 is 35.3 Å². The highest BCUT2D eigenvalue weighted by Crippen LogP contribution is 2.25. The summed E-state index contributed by atoms with van der Waals surface area (Å²) < 4.78 is 0. The number of urea groups is 1. The van der Waals surface area contributed by atoms with Gasteiger partial charge in [-0.1, -0.05) is 18.2 Å². The molecule has 4 amide bonds. The van der Waals surface area contributed by atoms with Gasteiger partial charge in [0, 0.05) is 18.8 Å². The number of rotatable bonds is 3. The lowest BCUT2D eigenvalue weighted by atomic mass is 10.0. The lowest BCUT2D eigenvalue weighted by Gasteiger charge is -2.27. The maximum absolute atomic E-state index is 13.0. The van der Waals surface area contributed by atoms with Gasteiger partial charge in [-0.3, -0.25) is 14.9 Å². The summed E-state index contributed by atoms with van der Waals surface area (Å²) >= 11 is 0. The molecular formula is C23H23N3O3. The first-order chi connectivity index (χ1) is 13.9. The predicted octanol–water partition coefficient (Wildman–Crippen LogP) is 3.57. The number of amides is 4. The number of benzene rings is 2. The monoisotopic (exact) mass is 389 g/mol. The van der Waals surface area contributed by atoms with Crippen LogP contribution in [0.2, 0.25) is 0 Å². The van der Waals surface area contributed by atoms with Crippen LogP contribution in [0.1, 0.15) is 29.5 Å². The van der Waals surface area contributed by atoms with Crippen LogP contribution in [0.4, 0.5) is 16.2 Å². The molecule has 6 heteroatoms. The molecule has 2 fully saturated rings. The van der Waals surface area contributed by atoms with Crippen molar-refractivity contribution in [2.75, 3.05) is 22.9 Å². The maximum atomic E-state index is 13.0. The van der Waals surface area contributed by atoms with Gasteiger partial charge in [0.2, 0.25) is 0 Å². The largest absolute Gasteiger partial charge is 0.372 e. The first kappa shape index (κ1) is 18.9. The van der Waals surface area contributed by atoms with E-state index in [0.717, 1.165) is 40.4 Å². The van der Waals surface area contributed by atoms with Crippen LogP contribution in [0, 0.1) is 13.8 Å². The highest BCUT2D eigenvalue weighted by molar-refractivity contribution is 6.39. The first-order valence-electron chi connectivity index (χ1n) is 9.78. The zero-order valence-corrected chi connectivity index (χ0v) is 16.6. The van der Waals surface area contributed by atoms with Crippen molar-refractivity contribution in [3.63, 3.8) is 0 Å². The fraction of sp³-hybridized carbons (Fsp3) is 0.261. The molecule has 148 valence electrons. The summed E-state index contributed by atoms with van der Waals surface area (Å²) in [6, 6.07) is 12.4. The second-order valence-corrected chi connectivity index (χ2v) is 7.51. The van der Waals surface area contributed by atoms with E-state index in [0.29, 0.717) is 5.69 Å². The van der Waals surface area contributed by atoms with Crippen LogP contribution >= 0.6 is 0 Å². The fourth-order valence-corrected chi connectivity index (χ4v) is 3.68. The van der Waals surface area contributed by atoms with Crippen LogP contribution in [0.5, 0.6) is 0 Å². The van der Waals surface area contributed by atoms with E-state index in [9.17, 15) is 14.4 Å². The van der Waals surface area contributed by atoms with Crippen molar-refractivity contribution in [2.45, 2.75) is 26.7 Å². The Kier molecular flexibility index (Phi) is 4.92. The standard InChI is InChI=1S/C23H23N3O3/c1-15-5-8-19(13-16(15)2)26-22(28)20(21(27)24-23(26)29)14-17-6-9-18(10-7-17)25-11-3-4-12-25/h5-10,13-14H,3-4,11-12H2,1-2H3,(H,24,27,29)/b20-14+. The summed E-state index contributed by atoms with van der Waals surface area (Å²) in [5, 5.41) is 2.27. The number of hydrogen-bond donors (Lipinski definition) is 1. The molecule has 2 aliphatic rings. The van der Waals surface area contributed by atoms with Gasteiger partial charge in [-0.05, 0) is 73.7 Å². The molecule has 1 N–H and O–H groups in total. The quantitative estimate of drug-likeness (QED) is 0.644. The topological polar surface area (TPSA) is 69.7 Å². The van der Waals surface area contributed by atoms with E-state index in [2.05, 4.69) is 10.2 Å². The van der Waals surface area contributed by atoms with Crippen LogP contribution < -0.4 is 15.1 Å². The molecular weight excluding hydrogens is 366 g/mol. The lowest BCUT2D eigenvalue weighted by Crippen LogP contribution is -2.54. The van der Waals surface area contributed by atoms with Crippen LogP contribution in [0.25, 0.3) is 6.08 Å². The van der Waals surface area contributed by atoms with Gasteiger partial charge in [0.25, 0.3) is 11.8 Å².